The molecule has 0 heterocycles. The fraction of sp³-hybridized carbons (Fsp3) is 0.333. The molecule has 0 bridgehead atoms. The van der Waals surface area contributed by atoms with E-state index in [-0.39, 0.29) is 0 Å². The van der Waals surface area contributed by atoms with Gasteiger partial charge in [0.2, 0.25) is 0 Å². The highest BCUT2D eigenvalue weighted by atomic mass is 79.9. The number of allylic oxidation sites excluding steroid dienone is 2. The molecule has 1 aliphatic rings. The number of hydrogen-bond acceptors (Lipinski definition) is 0. The highest BCUT2D eigenvalue weighted by Gasteiger charge is 1.97. The van der Waals surface area contributed by atoms with E-state index in [0.717, 1.165) is 22.4 Å². The van der Waals surface area contributed by atoms with Crippen molar-refractivity contribution < 1.29 is 0 Å². The molecule has 0 fully saturated rings. The minimum atomic E-state index is 0.771. The monoisotopic (exact) mass is 190 g/mol. The van der Waals surface area contributed by atoms with Crippen LogP contribution < -0.4 is 0 Å². The van der Waals surface area contributed by atoms with Gasteiger partial charge >= 0.3 is 0 Å². The third-order valence-electron chi connectivity index (χ3n) is 0.898. The standard InChI is InChI=1S/C6H4BrCl/c7-5-1-3-6(8)4-2-5/h1,3H2. The first kappa shape index (κ1) is 6.19. The maximum absolute atomic E-state index is 5.59. The Balaban J connectivity index is 3.02. The summed E-state index contributed by atoms with van der Waals surface area (Å²) < 4.78 is 1.06. The number of rotatable bonds is 0. The normalized spacial score (nSPS) is 17.8. The van der Waals surface area contributed by atoms with Crippen LogP contribution >= 0.6 is 27.5 Å². The first-order chi connectivity index (χ1) is 3.79. The Hall–Kier alpha value is 0.0700. The Bertz CT molecular complexity index is 171. The maximum atomic E-state index is 5.59. The zero-order valence-corrected chi connectivity index (χ0v) is 6.51. The Morgan fingerprint density at radius 1 is 1.38 bits per heavy atom. The van der Waals surface area contributed by atoms with Crippen molar-refractivity contribution in [2.45, 2.75) is 12.8 Å². The summed E-state index contributed by atoms with van der Waals surface area (Å²) in [5.74, 6) is 0. The van der Waals surface area contributed by atoms with E-state index >= 15 is 0 Å². The van der Waals surface area contributed by atoms with E-state index in [4.69, 9.17) is 11.6 Å². The van der Waals surface area contributed by atoms with Gasteiger partial charge in [0.25, 0.3) is 0 Å². The second-order valence-electron chi connectivity index (χ2n) is 1.56. The highest BCUT2D eigenvalue weighted by molar-refractivity contribution is 9.11. The van der Waals surface area contributed by atoms with Crippen LogP contribution in [0, 0.1) is 0 Å². The molecule has 0 atom stereocenters. The fourth-order valence-electron chi connectivity index (χ4n) is 0.480. The molecule has 0 aromatic rings. The summed E-state index contributed by atoms with van der Waals surface area (Å²) in [5, 5.41) is 0.771. The third-order valence-corrected chi connectivity index (χ3v) is 1.78. The van der Waals surface area contributed by atoms with Gasteiger partial charge in [-0.1, -0.05) is 23.1 Å². The second-order valence-corrected chi connectivity index (χ2v) is 2.97. The smallest absolute Gasteiger partial charge is 0.0685 e. The summed E-state index contributed by atoms with van der Waals surface area (Å²) in [6.07, 6.45) is 1.86. The van der Waals surface area contributed by atoms with E-state index in [1.54, 1.807) is 0 Å². The molecule has 0 saturated heterocycles. The average Bonchev–Trinajstić information content (AvgIpc) is 1.77. The van der Waals surface area contributed by atoms with Gasteiger partial charge in [-0.05, 0) is 28.8 Å². The lowest BCUT2D eigenvalue weighted by molar-refractivity contribution is 1.02. The number of hydrogen-bond donors (Lipinski definition) is 0. The minimum Gasteiger partial charge on any atom is -0.0793 e. The van der Waals surface area contributed by atoms with Crippen LogP contribution in [0.25, 0.3) is 0 Å². The van der Waals surface area contributed by atoms with Crippen LogP contribution in [0.1, 0.15) is 12.8 Å². The zero-order chi connectivity index (χ0) is 5.98. The summed E-state index contributed by atoms with van der Waals surface area (Å²) in [4.78, 5) is 0. The molecule has 0 nitrogen and oxygen atoms in total. The zero-order valence-electron chi connectivity index (χ0n) is 4.17. The van der Waals surface area contributed by atoms with Crippen molar-refractivity contribution in [2.24, 2.45) is 0 Å². The lowest BCUT2D eigenvalue weighted by atomic mass is 10.2. The third kappa shape index (κ3) is 1.54. The first-order valence-electron chi connectivity index (χ1n) is 2.34. The number of halogens is 2. The Morgan fingerprint density at radius 3 is 2.50 bits per heavy atom. The van der Waals surface area contributed by atoms with Crippen molar-refractivity contribution in [3.05, 3.63) is 21.0 Å². The van der Waals surface area contributed by atoms with Gasteiger partial charge in [-0.3, -0.25) is 0 Å². The molecule has 0 amide bonds. The second kappa shape index (κ2) is 2.57. The summed E-state index contributed by atoms with van der Waals surface area (Å²) in [7, 11) is 0. The Labute approximate surface area is 61.7 Å². The molecule has 8 heavy (non-hydrogen) atoms. The van der Waals surface area contributed by atoms with Gasteiger partial charge < -0.3 is 0 Å². The van der Waals surface area contributed by atoms with Crippen LogP contribution in [-0.2, 0) is 0 Å². The molecular weight excluding hydrogens is 187 g/mol. The summed E-state index contributed by atoms with van der Waals surface area (Å²) >= 11 is 8.88. The average molecular weight is 191 g/mol. The van der Waals surface area contributed by atoms with Gasteiger partial charge in [0, 0.05) is 4.48 Å². The molecule has 0 radical (unpaired) electrons. The van der Waals surface area contributed by atoms with Crippen LogP contribution in [0.15, 0.2) is 21.0 Å². The first-order valence-corrected chi connectivity index (χ1v) is 3.51. The van der Waals surface area contributed by atoms with Crippen LogP contribution in [0.3, 0.4) is 0 Å². The van der Waals surface area contributed by atoms with Gasteiger partial charge in [-0.15, -0.1) is 0 Å². The molecular formula is C6H4BrCl. The van der Waals surface area contributed by atoms with E-state index in [2.05, 4.69) is 27.4 Å². The van der Waals surface area contributed by atoms with Crippen LogP contribution in [-0.4, -0.2) is 0 Å². The molecule has 0 aliphatic heterocycles. The summed E-state index contributed by atoms with van der Waals surface area (Å²) in [6.45, 7) is 0. The Morgan fingerprint density at radius 2 is 2.12 bits per heavy atom. The van der Waals surface area contributed by atoms with Crippen molar-refractivity contribution in [1.82, 2.24) is 0 Å². The lowest BCUT2D eigenvalue weighted by Gasteiger charge is -1.95. The molecule has 1 rings (SSSR count). The largest absolute Gasteiger partial charge is 0.0793 e. The SMILES string of the molecule is ClC1=C=C=C(Br)CC1. The predicted molar refractivity (Wildman–Crippen MR) is 38.1 cm³/mol. The van der Waals surface area contributed by atoms with Gasteiger partial charge in [-0.25, -0.2) is 0 Å². The van der Waals surface area contributed by atoms with Gasteiger partial charge in [0.1, 0.15) is 0 Å². The maximum Gasteiger partial charge on any atom is 0.0685 e. The van der Waals surface area contributed by atoms with Crippen molar-refractivity contribution >= 4 is 27.5 Å². The van der Waals surface area contributed by atoms with Crippen molar-refractivity contribution in [1.29, 1.82) is 0 Å². The van der Waals surface area contributed by atoms with Gasteiger partial charge in [0.15, 0.2) is 0 Å². The van der Waals surface area contributed by atoms with Crippen molar-refractivity contribution in [3.8, 4) is 0 Å². The van der Waals surface area contributed by atoms with E-state index < -0.39 is 0 Å². The van der Waals surface area contributed by atoms with Crippen LogP contribution in [0.5, 0.6) is 0 Å². The van der Waals surface area contributed by atoms with E-state index in [0.29, 0.717) is 0 Å². The lowest BCUT2D eigenvalue weighted by Crippen LogP contribution is -1.76. The van der Waals surface area contributed by atoms with Crippen molar-refractivity contribution in [3.63, 3.8) is 0 Å². The molecule has 42 valence electrons. The molecule has 0 unspecified atom stereocenters. The molecule has 2 heteroatoms. The van der Waals surface area contributed by atoms with Crippen LogP contribution in [0.4, 0.5) is 0 Å². The van der Waals surface area contributed by atoms with E-state index in [9.17, 15) is 0 Å². The summed E-state index contributed by atoms with van der Waals surface area (Å²) in [5.41, 5.74) is 5.63. The van der Waals surface area contributed by atoms with Gasteiger partial charge in [0.05, 0.1) is 5.03 Å². The minimum absolute atomic E-state index is 0.771. The molecule has 0 aromatic carbocycles. The van der Waals surface area contributed by atoms with Crippen molar-refractivity contribution in [2.75, 3.05) is 0 Å². The predicted octanol–water partition coefficient (Wildman–Crippen LogP) is 2.94. The Kier molecular flexibility index (Phi) is 1.99. The molecule has 0 spiro atoms. The van der Waals surface area contributed by atoms with Crippen LogP contribution in [0.2, 0.25) is 0 Å². The molecule has 0 saturated carbocycles. The molecule has 0 aromatic heterocycles. The van der Waals surface area contributed by atoms with E-state index in [1.165, 1.54) is 0 Å². The van der Waals surface area contributed by atoms with E-state index in [1.807, 2.05) is 0 Å². The highest BCUT2D eigenvalue weighted by Crippen LogP contribution is 2.20. The summed E-state index contributed by atoms with van der Waals surface area (Å²) in [6, 6.07) is 0. The topological polar surface area (TPSA) is 0 Å². The molecule has 1 aliphatic carbocycles. The molecule has 0 N–H and O–H groups in total. The fourth-order valence-corrected chi connectivity index (χ4v) is 0.919. The quantitative estimate of drug-likeness (QED) is 0.517. The van der Waals surface area contributed by atoms with Gasteiger partial charge in [-0.2, -0.15) is 0 Å².